The number of halogens is 1. The lowest BCUT2D eigenvalue weighted by Crippen LogP contribution is -2.51. The zero-order chi connectivity index (χ0) is 13.1. The van der Waals surface area contributed by atoms with Crippen molar-refractivity contribution in [3.63, 3.8) is 0 Å². The van der Waals surface area contributed by atoms with Crippen molar-refractivity contribution >= 4 is 29.0 Å². The second-order valence-corrected chi connectivity index (χ2v) is 5.53. The predicted octanol–water partition coefficient (Wildman–Crippen LogP) is -0.227. The fourth-order valence-corrected chi connectivity index (χ4v) is 2.73. The molecular weight excluding hydrogens is 290 g/mol. The van der Waals surface area contributed by atoms with Gasteiger partial charge < -0.3 is 4.90 Å². The Balaban J connectivity index is 0.00000180. The van der Waals surface area contributed by atoms with E-state index in [0.717, 1.165) is 25.9 Å². The summed E-state index contributed by atoms with van der Waals surface area (Å²) in [7, 11) is 1.08. The highest BCUT2D eigenvalue weighted by Crippen LogP contribution is 2.13. The van der Waals surface area contributed by atoms with Crippen LogP contribution in [0.4, 0.5) is 5.69 Å². The van der Waals surface area contributed by atoms with Crippen molar-refractivity contribution in [2.75, 3.05) is 24.6 Å². The van der Waals surface area contributed by atoms with Gasteiger partial charge in [-0.15, -0.1) is 12.4 Å². The molecule has 1 aliphatic heterocycles. The lowest BCUT2D eigenvalue weighted by Gasteiger charge is -2.32. The summed E-state index contributed by atoms with van der Waals surface area (Å²) >= 11 is 0. The second kappa shape index (κ2) is 7.09. The van der Waals surface area contributed by atoms with Gasteiger partial charge in [0.25, 0.3) is 0 Å². The summed E-state index contributed by atoms with van der Waals surface area (Å²) in [6.07, 6.45) is 5.25. The molecule has 1 atom stereocenters. The number of aromatic nitrogens is 2. The molecule has 1 N–H and O–H groups in total. The lowest BCUT2D eigenvalue weighted by atomic mass is 10.1. The number of likely N-dealkylation sites (tertiary alicyclic amines) is 1. The topological polar surface area (TPSA) is 70.5 Å². The molecule has 1 aliphatic rings. The molecule has 1 saturated heterocycles. The average Bonchev–Trinajstić information content (AvgIpc) is 2.72. The van der Waals surface area contributed by atoms with Gasteiger partial charge in [0.1, 0.15) is 5.69 Å². The maximum Gasteiger partial charge on any atom is 0.238 e. The molecular formula is C10H20ClN5O2S. The number of aryl methyl sites for hydroxylation is 1. The summed E-state index contributed by atoms with van der Waals surface area (Å²) in [5, 5.41) is 3.99. The van der Waals surface area contributed by atoms with E-state index in [-0.39, 0.29) is 18.4 Å². The number of likely N-dealkylation sites (N-methyl/N-ethyl adjacent to an activating group) is 1. The molecule has 0 unspecified atom stereocenters. The van der Waals surface area contributed by atoms with Gasteiger partial charge in [-0.05, 0) is 26.4 Å². The Morgan fingerprint density at radius 2 is 2.21 bits per heavy atom. The van der Waals surface area contributed by atoms with Crippen LogP contribution < -0.4 is 9.84 Å². The van der Waals surface area contributed by atoms with Crippen LogP contribution in [0.15, 0.2) is 12.4 Å². The van der Waals surface area contributed by atoms with E-state index in [1.165, 1.54) is 10.6 Å². The van der Waals surface area contributed by atoms with Gasteiger partial charge in [0, 0.05) is 19.6 Å². The second-order valence-electron chi connectivity index (χ2n) is 4.65. The third-order valence-corrected chi connectivity index (χ3v) is 3.70. The molecule has 0 aromatic carbocycles. The molecule has 0 spiro atoms. The molecule has 2 heterocycles. The van der Waals surface area contributed by atoms with Crippen molar-refractivity contribution in [2.45, 2.75) is 18.9 Å². The molecule has 1 aromatic heterocycles. The number of nitrogens with zero attached hydrogens (tertiary/aromatic N) is 4. The number of nitrogens with one attached hydrogen (secondary N) is 1. The van der Waals surface area contributed by atoms with E-state index in [1.807, 2.05) is 7.05 Å². The van der Waals surface area contributed by atoms with Gasteiger partial charge in [-0.2, -0.15) is 5.10 Å². The van der Waals surface area contributed by atoms with Crippen LogP contribution in [0.5, 0.6) is 0 Å². The van der Waals surface area contributed by atoms with Crippen LogP contribution in [0.2, 0.25) is 0 Å². The van der Waals surface area contributed by atoms with E-state index in [4.69, 9.17) is 0 Å². The fraction of sp³-hybridized carbons (Fsp3) is 0.700. The van der Waals surface area contributed by atoms with E-state index >= 15 is 0 Å². The molecule has 0 radical (unpaired) electrons. The molecule has 7 nitrogen and oxygen atoms in total. The summed E-state index contributed by atoms with van der Waals surface area (Å²) in [5.41, 5.74) is 3.60. The lowest BCUT2D eigenvalue weighted by molar-refractivity contribution is 0.229. The number of rotatable bonds is 4. The van der Waals surface area contributed by atoms with E-state index in [1.54, 1.807) is 17.9 Å². The number of thiol groups is 1. The van der Waals surface area contributed by atoms with Gasteiger partial charge in [-0.1, -0.05) is 0 Å². The van der Waals surface area contributed by atoms with Crippen molar-refractivity contribution in [3.8, 4) is 0 Å². The first-order chi connectivity index (χ1) is 8.56. The van der Waals surface area contributed by atoms with Crippen molar-refractivity contribution in [3.05, 3.63) is 12.4 Å². The Morgan fingerprint density at radius 3 is 2.74 bits per heavy atom. The number of piperidine rings is 1. The Hall–Kier alpha value is -0.830. The van der Waals surface area contributed by atoms with Crippen LogP contribution in [-0.4, -0.2) is 49.3 Å². The Bertz CT molecular complexity index is 470. The van der Waals surface area contributed by atoms with E-state index in [0.29, 0.717) is 5.69 Å². The molecule has 19 heavy (non-hydrogen) atoms. The number of anilines is 1. The molecule has 110 valence electrons. The van der Waals surface area contributed by atoms with Crippen molar-refractivity contribution < 1.29 is 8.42 Å². The van der Waals surface area contributed by atoms with Crippen molar-refractivity contribution in [1.29, 1.82) is 0 Å². The zero-order valence-electron chi connectivity index (χ0n) is 11.0. The molecule has 1 fully saturated rings. The van der Waals surface area contributed by atoms with Gasteiger partial charge in [0.15, 0.2) is 0 Å². The van der Waals surface area contributed by atoms with Gasteiger partial charge in [-0.25, -0.2) is 18.3 Å². The monoisotopic (exact) mass is 309 g/mol. The summed E-state index contributed by atoms with van der Waals surface area (Å²) in [6.45, 7) is 1.91. The van der Waals surface area contributed by atoms with E-state index < -0.39 is 10.9 Å². The highest BCUT2D eigenvalue weighted by molar-refractivity contribution is 7.73. The molecule has 1 aromatic rings. The third kappa shape index (κ3) is 4.34. The first kappa shape index (κ1) is 16.2. The predicted molar refractivity (Wildman–Crippen MR) is 76.9 cm³/mol. The van der Waals surface area contributed by atoms with Gasteiger partial charge >= 0.3 is 0 Å². The summed E-state index contributed by atoms with van der Waals surface area (Å²) in [6, 6.07) is 0.150. The minimum atomic E-state index is -2.72. The number of hydrogen-bond acceptors (Lipinski definition) is 5. The Kier molecular flexibility index (Phi) is 6.05. The maximum atomic E-state index is 11.3. The van der Waals surface area contributed by atoms with Crippen LogP contribution >= 0.6 is 12.4 Å². The Morgan fingerprint density at radius 1 is 1.47 bits per heavy atom. The molecule has 2 rings (SSSR count). The van der Waals surface area contributed by atoms with Crippen molar-refractivity contribution in [2.24, 2.45) is 7.05 Å². The van der Waals surface area contributed by atoms with Crippen LogP contribution in [0.1, 0.15) is 12.8 Å². The van der Waals surface area contributed by atoms with Crippen LogP contribution in [0, 0.1) is 0 Å². The largest absolute Gasteiger partial charge is 0.305 e. The maximum absolute atomic E-state index is 11.3. The van der Waals surface area contributed by atoms with Crippen LogP contribution in [0.25, 0.3) is 0 Å². The minimum Gasteiger partial charge on any atom is -0.305 e. The quantitative estimate of drug-likeness (QED) is 0.594. The summed E-state index contributed by atoms with van der Waals surface area (Å²) in [5.74, 6) is 0. The van der Waals surface area contributed by atoms with E-state index in [9.17, 15) is 8.42 Å². The zero-order valence-corrected chi connectivity index (χ0v) is 12.7. The molecule has 0 amide bonds. The number of hydrogen-bond donors (Lipinski definition) is 2. The SMILES string of the molecule is CN1CCC[C@@H](NN(c2cnn(C)c2)[SH](=O)=O)C1.Cl. The van der Waals surface area contributed by atoms with Gasteiger partial charge in [0.2, 0.25) is 10.9 Å². The molecule has 0 saturated carbocycles. The van der Waals surface area contributed by atoms with Crippen molar-refractivity contribution in [1.82, 2.24) is 20.1 Å². The van der Waals surface area contributed by atoms with Gasteiger partial charge in [0.05, 0.1) is 12.4 Å². The molecule has 0 aliphatic carbocycles. The third-order valence-electron chi connectivity index (χ3n) is 3.03. The molecule has 9 heteroatoms. The first-order valence-corrected chi connectivity index (χ1v) is 7.07. The number of hydrazine groups is 1. The van der Waals surface area contributed by atoms with Crippen LogP contribution in [-0.2, 0) is 17.9 Å². The summed E-state index contributed by atoms with van der Waals surface area (Å²) < 4.78 is 25.4. The highest BCUT2D eigenvalue weighted by Gasteiger charge is 2.21. The first-order valence-electron chi connectivity index (χ1n) is 5.94. The average molecular weight is 310 g/mol. The summed E-state index contributed by atoms with van der Waals surface area (Å²) in [4.78, 5) is 2.19. The fourth-order valence-electron chi connectivity index (χ4n) is 2.18. The highest BCUT2D eigenvalue weighted by atomic mass is 35.5. The molecule has 0 bridgehead atoms. The van der Waals surface area contributed by atoms with Gasteiger partial charge in [-0.3, -0.25) is 4.68 Å². The normalized spacial score (nSPS) is 20.3. The Labute approximate surface area is 121 Å². The van der Waals surface area contributed by atoms with E-state index in [2.05, 4.69) is 15.4 Å². The smallest absolute Gasteiger partial charge is 0.238 e. The standard InChI is InChI=1S/C10H19N5O2S.ClH/c1-13-5-3-4-9(7-13)12-15(18(16)17)10-6-11-14(2)8-10;/h6,8-9,12,18H,3-5,7H2,1-2H3;1H/t9-;/m1./s1. The minimum absolute atomic E-state index is 0. The van der Waals surface area contributed by atoms with Crippen LogP contribution in [0.3, 0.4) is 0 Å².